The molecule has 6 rings (SSSR count). The number of hydrogen-bond donors (Lipinski definition) is 3. The molecular weight excluding hydrogens is 496 g/mol. The molecule has 2 unspecified atom stereocenters. The molecule has 2 fully saturated rings. The molecule has 11 heteroatoms. The summed E-state index contributed by atoms with van der Waals surface area (Å²) in [5.41, 5.74) is 0.313. The maximum Gasteiger partial charge on any atom is 0.297 e. The summed E-state index contributed by atoms with van der Waals surface area (Å²) in [4.78, 5) is 17.0. The number of carbonyl (C=O) groups is 1. The largest absolute Gasteiger partial charge is 0.486 e. The predicted molar refractivity (Wildman–Crippen MR) is 136 cm³/mol. The smallest absolute Gasteiger partial charge is 0.297 e. The molecular formula is C26H30N4O6S. The van der Waals surface area contributed by atoms with E-state index in [1.54, 1.807) is 23.1 Å². The lowest BCUT2D eigenvalue weighted by Gasteiger charge is -2.36. The van der Waals surface area contributed by atoms with Gasteiger partial charge in [-0.15, -0.1) is 0 Å². The Kier molecular flexibility index (Phi) is 6.21. The molecule has 1 aromatic carbocycles. The number of rotatable bonds is 6. The van der Waals surface area contributed by atoms with Gasteiger partial charge in [0.05, 0.1) is 17.3 Å². The average Bonchev–Trinajstić information content (AvgIpc) is 3.31. The number of hydrogen-bond acceptors (Lipinski definition) is 8. The van der Waals surface area contributed by atoms with Crippen molar-refractivity contribution in [2.45, 2.75) is 25.0 Å². The average molecular weight is 527 g/mol. The summed E-state index contributed by atoms with van der Waals surface area (Å²) in [6.45, 7) is 4.06. The summed E-state index contributed by atoms with van der Waals surface area (Å²) < 4.78 is 46.5. The molecule has 2 saturated heterocycles. The molecule has 5 aliphatic heterocycles. The number of fused-ring (bicyclic) bond motifs is 1. The lowest BCUT2D eigenvalue weighted by atomic mass is 9.96. The zero-order chi connectivity index (χ0) is 25.6. The number of para-hydroxylation sites is 2. The lowest BCUT2D eigenvalue weighted by molar-refractivity contribution is -0.117. The van der Waals surface area contributed by atoms with Gasteiger partial charge in [-0.3, -0.25) is 14.2 Å². The summed E-state index contributed by atoms with van der Waals surface area (Å²) in [5, 5.41) is 6.14. The maximum atomic E-state index is 13.2. The van der Waals surface area contributed by atoms with Gasteiger partial charge in [-0.25, -0.2) is 0 Å². The molecule has 196 valence electrons. The fraction of sp³-hybridized carbons (Fsp3) is 0.423. The van der Waals surface area contributed by atoms with Crippen molar-refractivity contribution in [3.63, 3.8) is 0 Å². The van der Waals surface area contributed by atoms with Gasteiger partial charge in [-0.05, 0) is 62.2 Å². The monoisotopic (exact) mass is 526 g/mol. The third-order valence-corrected chi connectivity index (χ3v) is 8.42. The first-order chi connectivity index (χ1) is 17.9. The van der Waals surface area contributed by atoms with Crippen LogP contribution < -0.4 is 20.1 Å². The number of allylic oxidation sites excluding steroid dienone is 3. The van der Waals surface area contributed by atoms with E-state index in [1.807, 2.05) is 30.3 Å². The second-order valence-corrected chi connectivity index (χ2v) is 11.3. The van der Waals surface area contributed by atoms with Crippen LogP contribution >= 0.6 is 0 Å². The molecule has 0 bridgehead atoms. The van der Waals surface area contributed by atoms with Gasteiger partial charge in [0.25, 0.3) is 16.0 Å². The highest BCUT2D eigenvalue weighted by molar-refractivity contribution is 7.90. The van der Waals surface area contributed by atoms with Crippen molar-refractivity contribution in [2.24, 2.45) is 5.92 Å². The minimum Gasteiger partial charge on any atom is -0.486 e. The van der Waals surface area contributed by atoms with E-state index in [9.17, 15) is 17.8 Å². The van der Waals surface area contributed by atoms with Crippen molar-refractivity contribution >= 4 is 16.0 Å². The maximum absolute atomic E-state index is 13.2. The molecule has 2 atom stereocenters. The lowest BCUT2D eigenvalue weighted by Crippen LogP contribution is -2.45. The summed E-state index contributed by atoms with van der Waals surface area (Å²) >= 11 is 0. The van der Waals surface area contributed by atoms with Crippen LogP contribution in [0.2, 0.25) is 0 Å². The Morgan fingerprint density at radius 3 is 2.76 bits per heavy atom. The van der Waals surface area contributed by atoms with Crippen molar-refractivity contribution in [2.75, 3.05) is 39.3 Å². The summed E-state index contributed by atoms with van der Waals surface area (Å²) in [5.74, 6) is 2.11. The molecule has 0 spiro atoms. The molecule has 0 aromatic heterocycles. The van der Waals surface area contributed by atoms with E-state index < -0.39 is 16.0 Å². The SMILES string of the molecule is O=C(NCC1CCN(CC2COc3ccccc3O2)CC1)C1=CC2CNC3=CC=CC(=C1S(=O)(=O)O)N32. The predicted octanol–water partition coefficient (Wildman–Crippen LogP) is 1.38. The first kappa shape index (κ1) is 24.1. The van der Waals surface area contributed by atoms with Crippen molar-refractivity contribution in [3.05, 3.63) is 70.6 Å². The third-order valence-electron chi connectivity index (χ3n) is 7.48. The highest BCUT2D eigenvalue weighted by atomic mass is 32.2. The van der Waals surface area contributed by atoms with Crippen LogP contribution in [0, 0.1) is 5.92 Å². The molecule has 0 saturated carbocycles. The third kappa shape index (κ3) is 4.74. The number of benzene rings is 1. The minimum atomic E-state index is -4.62. The van der Waals surface area contributed by atoms with Crippen molar-refractivity contribution in [3.8, 4) is 11.5 Å². The number of nitrogens with one attached hydrogen (secondary N) is 2. The molecule has 1 amide bonds. The van der Waals surface area contributed by atoms with Gasteiger partial charge in [-0.1, -0.05) is 18.2 Å². The van der Waals surface area contributed by atoms with Crippen LogP contribution in [0.1, 0.15) is 12.8 Å². The molecule has 1 aromatic rings. The number of ether oxygens (including phenoxy) is 2. The van der Waals surface area contributed by atoms with Crippen LogP contribution in [0.5, 0.6) is 11.5 Å². The highest BCUT2D eigenvalue weighted by Gasteiger charge is 2.41. The summed E-state index contributed by atoms with van der Waals surface area (Å²) in [6.07, 6.45) is 8.58. The van der Waals surface area contributed by atoms with E-state index in [1.165, 1.54) is 0 Å². The first-order valence-corrected chi connectivity index (χ1v) is 14.1. The second-order valence-electron chi connectivity index (χ2n) is 9.95. The van der Waals surface area contributed by atoms with Crippen LogP contribution in [0.4, 0.5) is 0 Å². The van der Waals surface area contributed by atoms with E-state index in [-0.39, 0.29) is 28.5 Å². The summed E-state index contributed by atoms with van der Waals surface area (Å²) in [7, 11) is -4.62. The Labute approximate surface area is 216 Å². The van der Waals surface area contributed by atoms with Crippen LogP contribution in [-0.2, 0) is 14.9 Å². The van der Waals surface area contributed by atoms with Crippen molar-refractivity contribution in [1.29, 1.82) is 0 Å². The van der Waals surface area contributed by atoms with Gasteiger partial charge >= 0.3 is 0 Å². The van der Waals surface area contributed by atoms with E-state index >= 15 is 0 Å². The summed E-state index contributed by atoms with van der Waals surface area (Å²) in [6, 6.07) is 7.49. The van der Waals surface area contributed by atoms with E-state index in [0.717, 1.165) is 49.8 Å². The van der Waals surface area contributed by atoms with E-state index in [0.29, 0.717) is 25.4 Å². The van der Waals surface area contributed by atoms with Gasteiger partial charge in [0.2, 0.25) is 0 Å². The topological polar surface area (TPSA) is 120 Å². The number of likely N-dealkylation sites (tertiary alicyclic amines) is 1. The highest BCUT2D eigenvalue weighted by Crippen LogP contribution is 2.37. The van der Waals surface area contributed by atoms with Crippen molar-refractivity contribution in [1.82, 2.24) is 20.4 Å². The standard InChI is InChI=1S/C26H30N4O6S/c31-26(20-12-18-14-27-24-7-3-4-21(30(18)24)25(20)37(32,33)34)28-13-17-8-10-29(11-9-17)15-19-16-35-22-5-1-2-6-23(22)36-19/h1-7,12,17-19,27H,8-11,13-16H2,(H,28,31)(H,32,33,34). The molecule has 0 aliphatic carbocycles. The normalized spacial score (nSPS) is 25.3. The minimum absolute atomic E-state index is 0.000476. The Balaban J connectivity index is 1.04. The van der Waals surface area contributed by atoms with Gasteiger partial charge in [-0.2, -0.15) is 8.42 Å². The van der Waals surface area contributed by atoms with Gasteiger partial charge in [0.15, 0.2) is 11.5 Å². The van der Waals surface area contributed by atoms with Crippen LogP contribution in [0.15, 0.2) is 70.6 Å². The number of amides is 1. The van der Waals surface area contributed by atoms with E-state index in [4.69, 9.17) is 9.47 Å². The Bertz CT molecular complexity index is 1330. The van der Waals surface area contributed by atoms with Crippen molar-refractivity contribution < 1.29 is 27.2 Å². The van der Waals surface area contributed by atoms with Gasteiger partial charge in [0.1, 0.15) is 23.4 Å². The molecule has 3 N–H and O–H groups in total. The Morgan fingerprint density at radius 1 is 1.19 bits per heavy atom. The van der Waals surface area contributed by atoms with E-state index in [2.05, 4.69) is 15.5 Å². The van der Waals surface area contributed by atoms with Crippen LogP contribution in [0.25, 0.3) is 0 Å². The quantitative estimate of drug-likeness (QED) is 0.472. The molecule has 5 aliphatic rings. The Hall–Kier alpha value is -3.28. The van der Waals surface area contributed by atoms with Crippen LogP contribution in [-0.4, -0.2) is 80.2 Å². The number of piperidine rings is 1. The Morgan fingerprint density at radius 2 is 1.97 bits per heavy atom. The first-order valence-electron chi connectivity index (χ1n) is 12.6. The fourth-order valence-electron chi connectivity index (χ4n) is 5.64. The zero-order valence-corrected chi connectivity index (χ0v) is 21.1. The van der Waals surface area contributed by atoms with Crippen LogP contribution in [0.3, 0.4) is 0 Å². The van der Waals surface area contributed by atoms with Gasteiger partial charge < -0.3 is 25.0 Å². The zero-order valence-electron chi connectivity index (χ0n) is 20.3. The molecule has 10 nitrogen and oxygen atoms in total. The van der Waals surface area contributed by atoms with Gasteiger partial charge in [0, 0.05) is 19.6 Å². The second kappa shape index (κ2) is 9.55. The molecule has 5 heterocycles. The molecule has 0 radical (unpaired) electrons. The molecule has 37 heavy (non-hydrogen) atoms. The fourth-order valence-corrected chi connectivity index (χ4v) is 6.51. The number of nitrogens with zero attached hydrogens (tertiary/aromatic N) is 2. The number of carbonyl (C=O) groups excluding carboxylic acids is 1.